The van der Waals surface area contributed by atoms with Gasteiger partial charge in [-0.3, -0.25) is 0 Å². The van der Waals surface area contributed by atoms with E-state index in [1.807, 2.05) is 18.2 Å². The van der Waals surface area contributed by atoms with Gasteiger partial charge in [0.15, 0.2) is 0 Å². The molecule has 2 unspecified atom stereocenters. The highest BCUT2D eigenvalue weighted by Crippen LogP contribution is 2.40. The zero-order valence-electron chi connectivity index (χ0n) is 9.06. The van der Waals surface area contributed by atoms with Crippen LogP contribution in [-0.4, -0.2) is 29.5 Å². The number of methoxy groups -OCH3 is 1. The summed E-state index contributed by atoms with van der Waals surface area (Å²) in [6.45, 7) is 0. The van der Waals surface area contributed by atoms with E-state index < -0.39 is 12.2 Å². The fourth-order valence-corrected chi connectivity index (χ4v) is 2.72. The molecule has 4 heteroatoms. The van der Waals surface area contributed by atoms with Crippen molar-refractivity contribution >= 4 is 15.9 Å². The summed E-state index contributed by atoms with van der Waals surface area (Å²) in [5.74, 6) is 0.473. The summed E-state index contributed by atoms with van der Waals surface area (Å²) in [6.07, 6.45) is 0.305. The zero-order valence-corrected chi connectivity index (χ0v) is 10.6. The molecule has 1 fully saturated rings. The van der Waals surface area contributed by atoms with Crippen molar-refractivity contribution in [3.8, 4) is 5.75 Å². The lowest BCUT2D eigenvalue weighted by molar-refractivity contribution is 0.106. The van der Waals surface area contributed by atoms with Crippen LogP contribution >= 0.6 is 15.9 Å². The maximum Gasteiger partial charge on any atom is 0.122 e. The predicted molar refractivity (Wildman–Crippen MR) is 64.7 cm³/mol. The predicted octanol–water partition coefficient (Wildman–Crippen LogP) is 2.06. The third-order valence-electron chi connectivity index (χ3n) is 3.14. The Hall–Kier alpha value is -0.580. The molecule has 0 saturated heterocycles. The fourth-order valence-electron chi connectivity index (χ4n) is 2.34. The minimum Gasteiger partial charge on any atom is -0.496 e. The van der Waals surface area contributed by atoms with E-state index in [2.05, 4.69) is 15.9 Å². The Bertz CT molecular complexity index is 371. The summed E-state index contributed by atoms with van der Waals surface area (Å²) in [6, 6.07) is 5.63. The molecule has 0 radical (unpaired) electrons. The van der Waals surface area contributed by atoms with Crippen LogP contribution in [0.4, 0.5) is 0 Å². The number of aliphatic hydroxyl groups is 2. The Morgan fingerprint density at radius 1 is 1.25 bits per heavy atom. The normalized spacial score (nSPS) is 29.4. The quantitative estimate of drug-likeness (QED) is 0.875. The smallest absolute Gasteiger partial charge is 0.122 e. The maximum absolute atomic E-state index is 9.89. The number of halogens is 1. The van der Waals surface area contributed by atoms with Gasteiger partial charge in [-0.15, -0.1) is 0 Å². The molecule has 1 saturated carbocycles. The highest BCUT2D eigenvalue weighted by atomic mass is 79.9. The summed E-state index contributed by atoms with van der Waals surface area (Å²) in [5, 5.41) is 19.8. The van der Waals surface area contributed by atoms with Crippen LogP contribution in [0.25, 0.3) is 0 Å². The van der Waals surface area contributed by atoms with Crippen molar-refractivity contribution in [2.45, 2.75) is 31.0 Å². The summed E-state index contributed by atoms with van der Waals surface area (Å²) in [5.41, 5.74) is 0.870. The first-order valence-corrected chi connectivity index (χ1v) is 6.12. The molecule has 1 aliphatic rings. The van der Waals surface area contributed by atoms with Gasteiger partial charge in [-0.2, -0.15) is 0 Å². The maximum atomic E-state index is 9.89. The molecule has 0 heterocycles. The molecule has 0 aromatic heterocycles. The molecule has 2 rings (SSSR count). The van der Waals surface area contributed by atoms with E-state index in [0.29, 0.717) is 18.6 Å². The molecule has 1 aliphatic carbocycles. The molecule has 2 N–H and O–H groups in total. The van der Waals surface area contributed by atoms with Crippen LogP contribution in [0.1, 0.15) is 24.3 Å². The first-order valence-electron chi connectivity index (χ1n) is 5.33. The second-order valence-electron chi connectivity index (χ2n) is 4.12. The number of hydrogen-bond donors (Lipinski definition) is 2. The fraction of sp³-hybridized carbons (Fsp3) is 0.500. The molecule has 2 atom stereocenters. The number of rotatable bonds is 2. The van der Waals surface area contributed by atoms with Crippen LogP contribution in [0.2, 0.25) is 0 Å². The molecule has 16 heavy (non-hydrogen) atoms. The molecular weight excluding hydrogens is 272 g/mol. The van der Waals surface area contributed by atoms with Crippen LogP contribution in [0.5, 0.6) is 5.75 Å². The van der Waals surface area contributed by atoms with Gasteiger partial charge in [0, 0.05) is 16.0 Å². The lowest BCUT2D eigenvalue weighted by atomic mass is 9.93. The number of hydrogen-bond acceptors (Lipinski definition) is 3. The zero-order chi connectivity index (χ0) is 11.7. The van der Waals surface area contributed by atoms with Gasteiger partial charge in [0.25, 0.3) is 0 Å². The van der Waals surface area contributed by atoms with Gasteiger partial charge < -0.3 is 14.9 Å². The third-order valence-corrected chi connectivity index (χ3v) is 3.63. The van der Waals surface area contributed by atoms with Crippen molar-refractivity contribution in [3.05, 3.63) is 28.2 Å². The van der Waals surface area contributed by atoms with Crippen LogP contribution in [0.15, 0.2) is 22.7 Å². The first kappa shape index (κ1) is 11.9. The van der Waals surface area contributed by atoms with Crippen LogP contribution < -0.4 is 4.74 Å². The van der Waals surface area contributed by atoms with E-state index in [4.69, 9.17) is 4.74 Å². The van der Waals surface area contributed by atoms with Gasteiger partial charge in [-0.1, -0.05) is 15.9 Å². The molecule has 1 aromatic rings. The Morgan fingerprint density at radius 2 is 1.88 bits per heavy atom. The number of ether oxygens (including phenoxy) is 1. The van der Waals surface area contributed by atoms with Crippen molar-refractivity contribution in [1.82, 2.24) is 0 Å². The second kappa shape index (κ2) is 4.73. The minimum atomic E-state index is -0.488. The summed E-state index contributed by atoms with van der Waals surface area (Å²) in [7, 11) is 1.60. The van der Waals surface area contributed by atoms with Gasteiger partial charge in [-0.25, -0.2) is 0 Å². The average Bonchev–Trinajstić information content (AvgIpc) is 2.58. The van der Waals surface area contributed by atoms with Gasteiger partial charge in [0.1, 0.15) is 5.75 Å². The Kier molecular flexibility index (Phi) is 3.52. The molecule has 0 aliphatic heterocycles. The molecule has 0 spiro atoms. The van der Waals surface area contributed by atoms with E-state index in [9.17, 15) is 10.2 Å². The molecule has 0 bridgehead atoms. The summed E-state index contributed by atoms with van der Waals surface area (Å²) < 4.78 is 6.19. The monoisotopic (exact) mass is 286 g/mol. The molecule has 1 aromatic carbocycles. The van der Waals surface area contributed by atoms with Crippen molar-refractivity contribution in [1.29, 1.82) is 0 Å². The van der Waals surface area contributed by atoms with Crippen LogP contribution in [0.3, 0.4) is 0 Å². The Labute approximate surface area is 103 Å². The lowest BCUT2D eigenvalue weighted by Gasteiger charge is -2.21. The number of benzene rings is 1. The van der Waals surface area contributed by atoms with E-state index in [1.54, 1.807) is 7.11 Å². The van der Waals surface area contributed by atoms with Crippen LogP contribution in [-0.2, 0) is 0 Å². The topological polar surface area (TPSA) is 49.7 Å². The lowest BCUT2D eigenvalue weighted by Crippen LogP contribution is -2.21. The van der Waals surface area contributed by atoms with Crippen molar-refractivity contribution < 1.29 is 14.9 Å². The van der Waals surface area contributed by atoms with Gasteiger partial charge in [0.05, 0.1) is 19.3 Å². The third kappa shape index (κ3) is 2.10. The molecule has 0 amide bonds. The van der Waals surface area contributed by atoms with Gasteiger partial charge in [0.2, 0.25) is 0 Å². The standard InChI is InChI=1S/C12H15BrO3/c1-16-11-5-2-7(13)6-8(11)12-9(14)3-4-10(12)15/h2,5-6,9-10,12,14-15H,3-4H2,1H3. The highest BCUT2D eigenvalue weighted by Gasteiger charge is 2.36. The van der Waals surface area contributed by atoms with Crippen LogP contribution in [0, 0.1) is 0 Å². The van der Waals surface area contributed by atoms with Crippen molar-refractivity contribution in [3.63, 3.8) is 0 Å². The molecule has 88 valence electrons. The van der Waals surface area contributed by atoms with Gasteiger partial charge >= 0.3 is 0 Å². The van der Waals surface area contributed by atoms with Crippen molar-refractivity contribution in [2.24, 2.45) is 0 Å². The SMILES string of the molecule is COc1ccc(Br)cc1C1C(O)CCC1O. The molecule has 3 nitrogen and oxygen atoms in total. The Balaban J connectivity index is 2.41. The summed E-state index contributed by atoms with van der Waals surface area (Å²) in [4.78, 5) is 0. The van der Waals surface area contributed by atoms with Crippen molar-refractivity contribution in [2.75, 3.05) is 7.11 Å². The minimum absolute atomic E-state index is 0.243. The second-order valence-corrected chi connectivity index (χ2v) is 5.04. The molecular formula is C12H15BrO3. The van der Waals surface area contributed by atoms with E-state index >= 15 is 0 Å². The van der Waals surface area contributed by atoms with E-state index in [-0.39, 0.29) is 5.92 Å². The summed E-state index contributed by atoms with van der Waals surface area (Å²) >= 11 is 3.39. The van der Waals surface area contributed by atoms with Gasteiger partial charge in [-0.05, 0) is 31.0 Å². The highest BCUT2D eigenvalue weighted by molar-refractivity contribution is 9.10. The van der Waals surface area contributed by atoms with E-state index in [0.717, 1.165) is 10.0 Å². The first-order chi connectivity index (χ1) is 7.63. The Morgan fingerprint density at radius 3 is 2.44 bits per heavy atom. The van der Waals surface area contributed by atoms with E-state index in [1.165, 1.54) is 0 Å². The largest absolute Gasteiger partial charge is 0.496 e. The number of aliphatic hydroxyl groups excluding tert-OH is 2. The average molecular weight is 287 g/mol.